The number of benzene rings is 1. The summed E-state index contributed by atoms with van der Waals surface area (Å²) in [7, 11) is 0. The highest BCUT2D eigenvalue weighted by molar-refractivity contribution is 7.98. The Labute approximate surface area is 179 Å². The van der Waals surface area contributed by atoms with Crippen LogP contribution in [0, 0.1) is 0 Å². The third-order valence-electron chi connectivity index (χ3n) is 4.26. The van der Waals surface area contributed by atoms with Crippen LogP contribution in [0.15, 0.2) is 36.5 Å². The molecular formula is C19H18F3N5O3S. The number of urea groups is 1. The summed E-state index contributed by atoms with van der Waals surface area (Å²) in [6, 6.07) is 7.25. The van der Waals surface area contributed by atoms with E-state index < -0.39 is 18.0 Å². The zero-order valence-corrected chi connectivity index (χ0v) is 16.9. The van der Waals surface area contributed by atoms with E-state index in [2.05, 4.69) is 15.3 Å². The molecule has 31 heavy (non-hydrogen) atoms. The number of nitrogens with one attached hydrogen (secondary N) is 2. The van der Waals surface area contributed by atoms with Gasteiger partial charge in [0.05, 0.1) is 11.1 Å². The van der Waals surface area contributed by atoms with Gasteiger partial charge in [-0.15, -0.1) is 0 Å². The highest BCUT2D eigenvalue weighted by Crippen LogP contribution is 2.23. The van der Waals surface area contributed by atoms with Crippen LogP contribution in [0.2, 0.25) is 0 Å². The first kappa shape index (κ1) is 22.5. The Balaban J connectivity index is 1.43. The largest absolute Gasteiger partial charge is 0.399 e. The Hall–Kier alpha value is -3.15. The maximum absolute atomic E-state index is 12.3. The van der Waals surface area contributed by atoms with Gasteiger partial charge in [-0.1, -0.05) is 12.1 Å². The summed E-state index contributed by atoms with van der Waals surface area (Å²) in [5, 5.41) is 2.34. The minimum absolute atomic E-state index is 0.149. The van der Waals surface area contributed by atoms with E-state index in [1.807, 2.05) is 4.72 Å². The van der Waals surface area contributed by atoms with Gasteiger partial charge in [0.1, 0.15) is 17.4 Å². The summed E-state index contributed by atoms with van der Waals surface area (Å²) in [4.78, 5) is 45.7. The average Bonchev–Trinajstić information content (AvgIpc) is 2.95. The van der Waals surface area contributed by atoms with Crippen LogP contribution >= 0.6 is 11.9 Å². The van der Waals surface area contributed by atoms with Crippen molar-refractivity contribution in [2.45, 2.75) is 25.4 Å². The van der Waals surface area contributed by atoms with E-state index in [1.165, 1.54) is 17.2 Å². The molecule has 3 rings (SSSR count). The molecule has 164 valence electrons. The highest BCUT2D eigenvalue weighted by Gasteiger charge is 2.34. The number of imide groups is 1. The molecule has 0 aliphatic carbocycles. The summed E-state index contributed by atoms with van der Waals surface area (Å²) in [5.41, 5.74) is 0.808. The number of alkyl halides is 3. The van der Waals surface area contributed by atoms with Crippen LogP contribution in [-0.4, -0.2) is 51.2 Å². The average molecular weight is 453 g/mol. The van der Waals surface area contributed by atoms with E-state index in [1.54, 1.807) is 24.3 Å². The smallest absolute Gasteiger partial charge is 0.292 e. The molecule has 4 amide bonds. The molecule has 2 N–H and O–H groups in total. The molecule has 1 aromatic carbocycles. The number of carbonyl (C=O) groups is 3. The van der Waals surface area contributed by atoms with Gasteiger partial charge in [-0.3, -0.25) is 24.5 Å². The highest BCUT2D eigenvalue weighted by atomic mass is 32.2. The van der Waals surface area contributed by atoms with E-state index in [0.29, 0.717) is 36.2 Å². The second kappa shape index (κ2) is 9.77. The van der Waals surface area contributed by atoms with Gasteiger partial charge in [0, 0.05) is 19.2 Å². The number of fused-ring (bicyclic) bond motifs is 1. The first-order valence-corrected chi connectivity index (χ1v) is 10.3. The minimum Gasteiger partial charge on any atom is -0.292 e. The third-order valence-corrected chi connectivity index (χ3v) is 5.06. The number of nitrogens with zero attached hydrogens (tertiary/aromatic N) is 3. The molecule has 2 aromatic rings. The molecule has 0 spiro atoms. The first-order chi connectivity index (χ1) is 14.7. The van der Waals surface area contributed by atoms with Crippen LogP contribution in [-0.2, 0) is 6.42 Å². The van der Waals surface area contributed by atoms with Crippen molar-refractivity contribution in [2.24, 2.45) is 0 Å². The van der Waals surface area contributed by atoms with E-state index in [9.17, 15) is 27.6 Å². The monoisotopic (exact) mass is 453 g/mol. The number of carbonyl (C=O) groups excluding carboxylic acids is 3. The van der Waals surface area contributed by atoms with Crippen molar-refractivity contribution in [1.29, 1.82) is 0 Å². The molecule has 1 aliphatic rings. The van der Waals surface area contributed by atoms with Crippen molar-refractivity contribution in [1.82, 2.24) is 19.6 Å². The molecule has 0 saturated heterocycles. The number of hydrogen-bond donors (Lipinski definition) is 2. The van der Waals surface area contributed by atoms with Gasteiger partial charge in [0.25, 0.3) is 11.8 Å². The lowest BCUT2D eigenvalue weighted by molar-refractivity contribution is -0.105. The number of aryl methyl sites for hydroxylation is 1. The second-order valence-corrected chi connectivity index (χ2v) is 7.36. The standard InChI is InChI=1S/C19H18F3N5O3S/c20-19(21,22)11-31-26-18(30)25-15-8-9-23-14(24-15)7-3-4-10-27-16(28)12-5-1-2-6-13(12)17(27)29/h1-2,5-6,8-9H,3-4,7,10-11H2,(H2,23,24,25,26,30). The van der Waals surface area contributed by atoms with E-state index in [0.717, 1.165) is 0 Å². The Morgan fingerprint density at radius 3 is 2.39 bits per heavy atom. The number of unbranched alkanes of at least 4 members (excludes halogenated alkanes) is 1. The van der Waals surface area contributed by atoms with Gasteiger partial charge in [-0.05, 0) is 43.0 Å². The number of hydrogen-bond acceptors (Lipinski definition) is 6. The van der Waals surface area contributed by atoms with Crippen LogP contribution in [0.5, 0.6) is 0 Å². The normalized spacial score (nSPS) is 13.3. The van der Waals surface area contributed by atoms with Gasteiger partial charge in [-0.2, -0.15) is 13.2 Å². The quantitative estimate of drug-likeness (QED) is 0.361. The maximum Gasteiger partial charge on any atom is 0.399 e. The molecule has 1 aliphatic heterocycles. The SMILES string of the molecule is O=C(NSCC(F)(F)F)Nc1ccnc(CCCCN2C(=O)c3ccccc3C2=O)n1. The van der Waals surface area contributed by atoms with Crippen LogP contribution in [0.25, 0.3) is 0 Å². The fourth-order valence-electron chi connectivity index (χ4n) is 2.91. The van der Waals surface area contributed by atoms with Crippen LogP contribution in [0.3, 0.4) is 0 Å². The fourth-order valence-corrected chi connectivity index (χ4v) is 3.33. The lowest BCUT2D eigenvalue weighted by Gasteiger charge is -2.13. The van der Waals surface area contributed by atoms with Crippen LogP contribution in [0.1, 0.15) is 39.4 Å². The Bertz CT molecular complexity index is 951. The fraction of sp³-hybridized carbons (Fsp3) is 0.316. The summed E-state index contributed by atoms with van der Waals surface area (Å²) >= 11 is 0.226. The first-order valence-electron chi connectivity index (χ1n) is 9.27. The summed E-state index contributed by atoms with van der Waals surface area (Å²) < 4.78 is 38.3. The Morgan fingerprint density at radius 1 is 1.06 bits per heavy atom. The van der Waals surface area contributed by atoms with E-state index >= 15 is 0 Å². The Morgan fingerprint density at radius 2 is 1.74 bits per heavy atom. The van der Waals surface area contributed by atoms with Gasteiger partial charge in [0.15, 0.2) is 0 Å². The molecule has 2 heterocycles. The van der Waals surface area contributed by atoms with Gasteiger partial charge in [-0.25, -0.2) is 14.8 Å². The lowest BCUT2D eigenvalue weighted by atomic mass is 10.1. The molecule has 0 fully saturated rings. The number of halogens is 3. The lowest BCUT2D eigenvalue weighted by Crippen LogP contribution is -2.30. The zero-order valence-electron chi connectivity index (χ0n) is 16.1. The number of rotatable bonds is 8. The van der Waals surface area contributed by atoms with Gasteiger partial charge in [0.2, 0.25) is 0 Å². The van der Waals surface area contributed by atoms with Crippen LogP contribution < -0.4 is 10.0 Å². The Kier molecular flexibility index (Phi) is 7.10. The topological polar surface area (TPSA) is 104 Å². The van der Waals surface area contributed by atoms with Crippen molar-refractivity contribution in [3.05, 3.63) is 53.5 Å². The van der Waals surface area contributed by atoms with Crippen molar-refractivity contribution in [3.63, 3.8) is 0 Å². The molecule has 0 radical (unpaired) electrons. The molecule has 12 heteroatoms. The van der Waals surface area contributed by atoms with Crippen molar-refractivity contribution in [2.75, 3.05) is 17.6 Å². The predicted molar refractivity (Wildman–Crippen MR) is 107 cm³/mol. The zero-order chi connectivity index (χ0) is 22.4. The van der Waals surface area contributed by atoms with Gasteiger partial charge >= 0.3 is 12.2 Å². The van der Waals surface area contributed by atoms with E-state index in [-0.39, 0.29) is 36.1 Å². The van der Waals surface area contributed by atoms with Gasteiger partial charge < -0.3 is 0 Å². The maximum atomic E-state index is 12.3. The minimum atomic E-state index is -4.38. The molecule has 0 bridgehead atoms. The molecule has 0 saturated carbocycles. The molecule has 0 atom stereocenters. The number of anilines is 1. The summed E-state index contributed by atoms with van der Waals surface area (Å²) in [6.07, 6.45) is -1.40. The third kappa shape index (κ3) is 6.17. The molecule has 1 aromatic heterocycles. The predicted octanol–water partition coefficient (Wildman–Crippen LogP) is 3.43. The van der Waals surface area contributed by atoms with Crippen molar-refractivity contribution in [3.8, 4) is 0 Å². The van der Waals surface area contributed by atoms with Crippen LogP contribution in [0.4, 0.5) is 23.8 Å². The molecular weight excluding hydrogens is 435 g/mol. The van der Waals surface area contributed by atoms with Crippen molar-refractivity contribution >= 4 is 35.6 Å². The van der Waals surface area contributed by atoms with E-state index in [4.69, 9.17) is 0 Å². The van der Waals surface area contributed by atoms with Crippen molar-refractivity contribution < 1.29 is 27.6 Å². The summed E-state index contributed by atoms with van der Waals surface area (Å²) in [6.45, 7) is 0.267. The second-order valence-electron chi connectivity index (χ2n) is 6.58. The summed E-state index contributed by atoms with van der Waals surface area (Å²) in [5.74, 6) is -1.25. The molecule has 8 nitrogen and oxygen atoms in total. The number of amides is 4. The number of aromatic nitrogens is 2. The molecule has 0 unspecified atom stereocenters.